The molecule has 0 amide bonds. The first-order valence-electron chi connectivity index (χ1n) is 8.59. The minimum Gasteiger partial charge on any atom is -0.490 e. The van der Waals surface area contributed by atoms with Gasteiger partial charge in [0.15, 0.2) is 5.69 Å². The van der Waals surface area contributed by atoms with Gasteiger partial charge in [0.25, 0.3) is 0 Å². The summed E-state index contributed by atoms with van der Waals surface area (Å²) in [6.07, 6.45) is 0.946. The van der Waals surface area contributed by atoms with E-state index >= 15 is 0 Å². The van der Waals surface area contributed by atoms with Gasteiger partial charge >= 0.3 is 5.97 Å². The van der Waals surface area contributed by atoms with E-state index in [9.17, 15) is 4.79 Å². The maximum absolute atomic E-state index is 12.2. The molecular formula is C21H21NO4. The highest BCUT2D eigenvalue weighted by Gasteiger charge is 2.19. The molecular weight excluding hydrogens is 330 g/mol. The molecule has 0 atom stereocenters. The number of hydrogen-bond acceptors (Lipinski definition) is 5. The highest BCUT2D eigenvalue weighted by molar-refractivity contribution is 5.88. The number of hydrogen-bond donors (Lipinski definition) is 0. The summed E-state index contributed by atoms with van der Waals surface area (Å²) in [6.45, 7) is 4.21. The van der Waals surface area contributed by atoms with Crippen LogP contribution in [0, 0.1) is 6.92 Å². The van der Waals surface area contributed by atoms with Gasteiger partial charge < -0.3 is 13.9 Å². The van der Waals surface area contributed by atoms with Gasteiger partial charge in [0.1, 0.15) is 24.7 Å². The van der Waals surface area contributed by atoms with Crippen molar-refractivity contribution in [2.75, 3.05) is 13.2 Å². The first-order chi connectivity index (χ1) is 12.7. The molecule has 5 nitrogen and oxygen atoms in total. The van der Waals surface area contributed by atoms with E-state index < -0.39 is 5.97 Å². The summed E-state index contributed by atoms with van der Waals surface area (Å²) >= 11 is 0. The molecule has 0 bridgehead atoms. The molecule has 2 aromatic carbocycles. The molecule has 0 saturated carbocycles. The van der Waals surface area contributed by atoms with Crippen molar-refractivity contribution in [3.05, 3.63) is 71.6 Å². The minimum atomic E-state index is -0.514. The van der Waals surface area contributed by atoms with Gasteiger partial charge in [-0.25, -0.2) is 9.78 Å². The molecule has 0 aliphatic rings. The Balaban J connectivity index is 1.54. The molecule has 3 rings (SSSR count). The van der Waals surface area contributed by atoms with Crippen LogP contribution in [0.1, 0.15) is 28.7 Å². The van der Waals surface area contributed by atoms with Gasteiger partial charge in [-0.2, -0.15) is 0 Å². The topological polar surface area (TPSA) is 61.6 Å². The van der Waals surface area contributed by atoms with Gasteiger partial charge in [-0.1, -0.05) is 37.3 Å². The maximum atomic E-state index is 12.2. The van der Waals surface area contributed by atoms with E-state index in [0.29, 0.717) is 11.7 Å². The second kappa shape index (κ2) is 8.34. The molecule has 0 spiro atoms. The Hall–Kier alpha value is -3.08. The highest BCUT2D eigenvalue weighted by atomic mass is 16.6. The summed E-state index contributed by atoms with van der Waals surface area (Å²) in [4.78, 5) is 16.5. The zero-order chi connectivity index (χ0) is 18.4. The Morgan fingerprint density at radius 1 is 1.08 bits per heavy atom. The quantitative estimate of drug-likeness (QED) is 0.465. The summed E-state index contributed by atoms with van der Waals surface area (Å²) in [5, 5.41) is 0. The lowest BCUT2D eigenvalue weighted by Gasteiger charge is -2.07. The van der Waals surface area contributed by atoms with Gasteiger partial charge in [0, 0.05) is 5.56 Å². The second-order valence-electron chi connectivity index (χ2n) is 5.78. The molecule has 1 heterocycles. The second-order valence-corrected chi connectivity index (χ2v) is 5.78. The third kappa shape index (κ3) is 4.30. The molecule has 3 aromatic rings. The monoisotopic (exact) mass is 351 g/mol. The summed E-state index contributed by atoms with van der Waals surface area (Å²) in [6, 6.07) is 17.3. The molecule has 134 valence electrons. The van der Waals surface area contributed by atoms with Crippen molar-refractivity contribution in [1.29, 1.82) is 0 Å². The number of aromatic nitrogens is 1. The lowest BCUT2D eigenvalue weighted by Crippen LogP contribution is -2.13. The Morgan fingerprint density at radius 3 is 2.65 bits per heavy atom. The van der Waals surface area contributed by atoms with Crippen molar-refractivity contribution in [2.24, 2.45) is 0 Å². The number of carbonyl (C=O) groups is 1. The van der Waals surface area contributed by atoms with E-state index in [0.717, 1.165) is 17.7 Å². The van der Waals surface area contributed by atoms with Crippen LogP contribution in [0.4, 0.5) is 0 Å². The Kier molecular flexibility index (Phi) is 5.69. The van der Waals surface area contributed by atoms with Crippen molar-refractivity contribution >= 4 is 5.97 Å². The summed E-state index contributed by atoms with van der Waals surface area (Å²) < 4.78 is 16.4. The molecule has 0 aliphatic carbocycles. The van der Waals surface area contributed by atoms with Crippen LogP contribution in [-0.4, -0.2) is 24.2 Å². The minimum absolute atomic E-state index is 0.141. The largest absolute Gasteiger partial charge is 0.490 e. The first-order valence-corrected chi connectivity index (χ1v) is 8.59. The van der Waals surface area contributed by atoms with Crippen LogP contribution < -0.4 is 4.74 Å². The molecule has 0 saturated heterocycles. The summed E-state index contributed by atoms with van der Waals surface area (Å²) in [7, 11) is 0. The van der Waals surface area contributed by atoms with Crippen LogP contribution in [0.2, 0.25) is 0 Å². The molecule has 0 fully saturated rings. The van der Waals surface area contributed by atoms with Gasteiger partial charge in [-0.05, 0) is 43.2 Å². The molecule has 0 radical (unpaired) electrons. The molecule has 0 unspecified atom stereocenters. The number of carbonyl (C=O) groups excluding carboxylic acids is 1. The van der Waals surface area contributed by atoms with Crippen molar-refractivity contribution in [2.45, 2.75) is 20.3 Å². The van der Waals surface area contributed by atoms with Gasteiger partial charge in [-0.3, -0.25) is 0 Å². The fourth-order valence-corrected chi connectivity index (χ4v) is 2.51. The lowest BCUT2D eigenvalue weighted by atomic mass is 10.2. The van der Waals surface area contributed by atoms with E-state index in [1.807, 2.05) is 54.6 Å². The maximum Gasteiger partial charge on any atom is 0.360 e. The number of rotatable bonds is 7. The Morgan fingerprint density at radius 2 is 1.88 bits per heavy atom. The average molecular weight is 351 g/mol. The van der Waals surface area contributed by atoms with Gasteiger partial charge in [0.05, 0.1) is 0 Å². The molecule has 0 N–H and O–H groups in total. The van der Waals surface area contributed by atoms with Crippen LogP contribution in [0.25, 0.3) is 11.5 Å². The fraction of sp³-hybridized carbons (Fsp3) is 0.238. The van der Waals surface area contributed by atoms with Crippen LogP contribution in [0.3, 0.4) is 0 Å². The van der Waals surface area contributed by atoms with Gasteiger partial charge in [-0.15, -0.1) is 0 Å². The third-order valence-corrected chi connectivity index (χ3v) is 3.90. The van der Waals surface area contributed by atoms with E-state index in [1.54, 1.807) is 6.92 Å². The number of oxazole rings is 1. The van der Waals surface area contributed by atoms with E-state index in [-0.39, 0.29) is 18.9 Å². The zero-order valence-electron chi connectivity index (χ0n) is 14.9. The van der Waals surface area contributed by atoms with Gasteiger partial charge in [0.2, 0.25) is 5.89 Å². The van der Waals surface area contributed by atoms with E-state index in [4.69, 9.17) is 13.9 Å². The Bertz CT molecular complexity index is 871. The average Bonchev–Trinajstić information content (AvgIpc) is 3.08. The zero-order valence-corrected chi connectivity index (χ0v) is 14.9. The van der Waals surface area contributed by atoms with Crippen molar-refractivity contribution in [1.82, 2.24) is 4.98 Å². The summed E-state index contributed by atoms with van der Waals surface area (Å²) in [5.74, 6) is 1.09. The SMILES string of the molecule is CCc1cccc(OCCOC(=O)c2nc(-c3ccccc3)oc2C)c1. The number of nitrogens with zero attached hydrogens (tertiary/aromatic N) is 1. The molecule has 5 heteroatoms. The smallest absolute Gasteiger partial charge is 0.360 e. The predicted molar refractivity (Wildman–Crippen MR) is 98.3 cm³/mol. The molecule has 1 aromatic heterocycles. The normalized spacial score (nSPS) is 10.5. The van der Waals surface area contributed by atoms with Crippen molar-refractivity contribution in [3.8, 4) is 17.2 Å². The number of aryl methyl sites for hydroxylation is 2. The molecule has 26 heavy (non-hydrogen) atoms. The van der Waals surface area contributed by atoms with E-state index in [1.165, 1.54) is 5.56 Å². The lowest BCUT2D eigenvalue weighted by molar-refractivity contribution is 0.0442. The van der Waals surface area contributed by atoms with Crippen LogP contribution in [0.5, 0.6) is 5.75 Å². The fourth-order valence-electron chi connectivity index (χ4n) is 2.51. The van der Waals surface area contributed by atoms with E-state index in [2.05, 4.69) is 11.9 Å². The Labute approximate surface area is 152 Å². The molecule has 0 aliphatic heterocycles. The van der Waals surface area contributed by atoms with Crippen LogP contribution >= 0.6 is 0 Å². The third-order valence-electron chi connectivity index (χ3n) is 3.90. The van der Waals surface area contributed by atoms with Crippen LogP contribution in [-0.2, 0) is 11.2 Å². The standard InChI is InChI=1S/C21H21NO4/c1-3-16-8-7-11-18(14-16)24-12-13-25-21(23)19-15(2)26-20(22-19)17-9-5-4-6-10-17/h4-11,14H,3,12-13H2,1-2H3. The summed E-state index contributed by atoms with van der Waals surface area (Å²) in [5.41, 5.74) is 2.21. The van der Waals surface area contributed by atoms with Crippen molar-refractivity contribution in [3.63, 3.8) is 0 Å². The predicted octanol–water partition coefficient (Wildman–Crippen LogP) is 4.45. The van der Waals surface area contributed by atoms with Crippen molar-refractivity contribution < 1.29 is 18.7 Å². The first kappa shape index (κ1) is 17.7. The number of ether oxygens (including phenoxy) is 2. The van der Waals surface area contributed by atoms with Crippen LogP contribution in [0.15, 0.2) is 59.0 Å². The number of benzene rings is 2. The highest BCUT2D eigenvalue weighted by Crippen LogP contribution is 2.21. The number of esters is 1.